The standard InChI is InChI=1S/C14H21NO2/c1-11-5-3-4-6-12(11)9-13(15-2)10-14-16-7-8-17-14/h3-6,13-15H,7-10H2,1-2H3. The molecule has 1 fully saturated rings. The molecule has 0 amide bonds. The van der Waals surface area contributed by atoms with Gasteiger partial charge in [0.1, 0.15) is 0 Å². The van der Waals surface area contributed by atoms with Crippen LogP contribution in [0.5, 0.6) is 0 Å². The van der Waals surface area contributed by atoms with Gasteiger partial charge in [-0.1, -0.05) is 24.3 Å². The molecule has 1 unspecified atom stereocenters. The summed E-state index contributed by atoms with van der Waals surface area (Å²) >= 11 is 0. The van der Waals surface area contributed by atoms with Crippen molar-refractivity contribution in [2.24, 2.45) is 0 Å². The van der Waals surface area contributed by atoms with E-state index in [1.165, 1.54) is 11.1 Å². The lowest BCUT2D eigenvalue weighted by atomic mass is 9.99. The summed E-state index contributed by atoms with van der Waals surface area (Å²) in [4.78, 5) is 0. The summed E-state index contributed by atoms with van der Waals surface area (Å²) in [7, 11) is 2.00. The Bertz CT molecular complexity index is 348. The predicted molar refractivity (Wildman–Crippen MR) is 68.0 cm³/mol. The van der Waals surface area contributed by atoms with Crippen molar-refractivity contribution in [1.29, 1.82) is 0 Å². The lowest BCUT2D eigenvalue weighted by molar-refractivity contribution is -0.0522. The second-order valence-corrected chi connectivity index (χ2v) is 4.52. The van der Waals surface area contributed by atoms with Gasteiger partial charge in [0.15, 0.2) is 6.29 Å². The number of hydrogen-bond donors (Lipinski definition) is 1. The maximum Gasteiger partial charge on any atom is 0.159 e. The number of aryl methyl sites for hydroxylation is 1. The first-order valence-corrected chi connectivity index (χ1v) is 6.24. The van der Waals surface area contributed by atoms with Gasteiger partial charge in [-0.25, -0.2) is 0 Å². The van der Waals surface area contributed by atoms with Crippen LogP contribution >= 0.6 is 0 Å². The molecule has 1 atom stereocenters. The highest BCUT2D eigenvalue weighted by molar-refractivity contribution is 5.26. The van der Waals surface area contributed by atoms with Crippen LogP contribution in [0.4, 0.5) is 0 Å². The molecule has 1 aromatic rings. The molecule has 1 heterocycles. The third-order valence-corrected chi connectivity index (χ3v) is 3.30. The van der Waals surface area contributed by atoms with Crippen molar-refractivity contribution < 1.29 is 9.47 Å². The first kappa shape index (κ1) is 12.6. The number of rotatable bonds is 5. The summed E-state index contributed by atoms with van der Waals surface area (Å²) in [6, 6.07) is 8.92. The highest BCUT2D eigenvalue weighted by Gasteiger charge is 2.20. The minimum absolute atomic E-state index is 0.0310. The molecule has 0 saturated carbocycles. The SMILES string of the molecule is CNC(Cc1ccccc1C)CC1OCCO1. The number of ether oxygens (including phenoxy) is 2. The summed E-state index contributed by atoms with van der Waals surface area (Å²) in [6.07, 6.45) is 1.90. The van der Waals surface area contributed by atoms with Crippen LogP contribution in [0.2, 0.25) is 0 Å². The van der Waals surface area contributed by atoms with Gasteiger partial charge < -0.3 is 14.8 Å². The summed E-state index contributed by atoms with van der Waals surface area (Å²) in [6.45, 7) is 3.61. The second kappa shape index (κ2) is 6.15. The fourth-order valence-electron chi connectivity index (χ4n) is 2.18. The molecule has 17 heavy (non-hydrogen) atoms. The minimum atomic E-state index is -0.0310. The largest absolute Gasteiger partial charge is 0.350 e. The third-order valence-electron chi connectivity index (χ3n) is 3.30. The Morgan fingerprint density at radius 1 is 1.29 bits per heavy atom. The fourth-order valence-corrected chi connectivity index (χ4v) is 2.18. The van der Waals surface area contributed by atoms with E-state index in [9.17, 15) is 0 Å². The van der Waals surface area contributed by atoms with E-state index in [1.54, 1.807) is 0 Å². The van der Waals surface area contributed by atoms with E-state index in [1.807, 2.05) is 7.05 Å². The van der Waals surface area contributed by atoms with Gasteiger partial charge >= 0.3 is 0 Å². The summed E-state index contributed by atoms with van der Waals surface area (Å²) in [5.41, 5.74) is 2.74. The zero-order valence-corrected chi connectivity index (χ0v) is 10.6. The Hall–Kier alpha value is -0.900. The molecule has 0 radical (unpaired) electrons. The lowest BCUT2D eigenvalue weighted by Gasteiger charge is -2.20. The van der Waals surface area contributed by atoms with Gasteiger partial charge in [-0.15, -0.1) is 0 Å². The molecular formula is C14H21NO2. The van der Waals surface area contributed by atoms with Crippen LogP contribution in [0.1, 0.15) is 17.5 Å². The molecule has 1 aliphatic rings. The molecule has 0 bridgehead atoms. The number of benzene rings is 1. The van der Waals surface area contributed by atoms with E-state index in [2.05, 4.69) is 36.5 Å². The van der Waals surface area contributed by atoms with E-state index >= 15 is 0 Å². The van der Waals surface area contributed by atoms with Crippen molar-refractivity contribution in [3.8, 4) is 0 Å². The van der Waals surface area contributed by atoms with Gasteiger partial charge in [0.2, 0.25) is 0 Å². The highest BCUT2D eigenvalue weighted by atomic mass is 16.7. The molecule has 94 valence electrons. The third kappa shape index (κ3) is 3.53. The van der Waals surface area contributed by atoms with Crippen LogP contribution in [-0.2, 0) is 15.9 Å². The Kier molecular flexibility index (Phi) is 4.54. The van der Waals surface area contributed by atoms with E-state index in [-0.39, 0.29) is 6.29 Å². The van der Waals surface area contributed by atoms with E-state index < -0.39 is 0 Å². The van der Waals surface area contributed by atoms with Crippen molar-refractivity contribution >= 4 is 0 Å². The maximum absolute atomic E-state index is 5.49. The molecule has 0 aliphatic carbocycles. The van der Waals surface area contributed by atoms with Gasteiger partial charge in [0.05, 0.1) is 13.2 Å². The van der Waals surface area contributed by atoms with Crippen molar-refractivity contribution in [1.82, 2.24) is 5.32 Å². The Labute approximate surface area is 103 Å². The quantitative estimate of drug-likeness (QED) is 0.845. The summed E-state index contributed by atoms with van der Waals surface area (Å²) < 4.78 is 11.0. The van der Waals surface area contributed by atoms with Crippen molar-refractivity contribution in [3.63, 3.8) is 0 Å². The van der Waals surface area contributed by atoms with Crippen molar-refractivity contribution in [3.05, 3.63) is 35.4 Å². The minimum Gasteiger partial charge on any atom is -0.350 e. The molecular weight excluding hydrogens is 214 g/mol. The first-order valence-electron chi connectivity index (χ1n) is 6.24. The van der Waals surface area contributed by atoms with Gasteiger partial charge in [-0.05, 0) is 31.5 Å². The average Bonchev–Trinajstić information content (AvgIpc) is 2.84. The molecule has 3 nitrogen and oxygen atoms in total. The zero-order chi connectivity index (χ0) is 12.1. The number of nitrogens with one attached hydrogen (secondary N) is 1. The Balaban J connectivity index is 1.92. The van der Waals surface area contributed by atoms with Gasteiger partial charge in [-0.3, -0.25) is 0 Å². The molecule has 2 rings (SSSR count). The van der Waals surface area contributed by atoms with Crippen LogP contribution in [-0.4, -0.2) is 32.6 Å². The topological polar surface area (TPSA) is 30.5 Å². The molecule has 3 heteroatoms. The van der Waals surface area contributed by atoms with Crippen molar-refractivity contribution in [2.75, 3.05) is 20.3 Å². The maximum atomic E-state index is 5.49. The van der Waals surface area contributed by atoms with Gasteiger partial charge in [0.25, 0.3) is 0 Å². The smallest absolute Gasteiger partial charge is 0.159 e. The highest BCUT2D eigenvalue weighted by Crippen LogP contribution is 2.15. The van der Waals surface area contributed by atoms with Crippen LogP contribution in [0.3, 0.4) is 0 Å². The zero-order valence-electron chi connectivity index (χ0n) is 10.6. The normalized spacial score (nSPS) is 18.5. The van der Waals surface area contributed by atoms with Gasteiger partial charge in [0, 0.05) is 12.5 Å². The lowest BCUT2D eigenvalue weighted by Crippen LogP contribution is -2.32. The van der Waals surface area contributed by atoms with Crippen LogP contribution in [0, 0.1) is 6.92 Å². The van der Waals surface area contributed by atoms with E-state index in [0.717, 1.165) is 26.1 Å². The second-order valence-electron chi connectivity index (χ2n) is 4.52. The van der Waals surface area contributed by atoms with E-state index in [0.29, 0.717) is 6.04 Å². The Morgan fingerprint density at radius 2 is 2.00 bits per heavy atom. The fraction of sp³-hybridized carbons (Fsp3) is 0.571. The summed E-state index contributed by atoms with van der Waals surface area (Å²) in [5.74, 6) is 0. The monoisotopic (exact) mass is 235 g/mol. The van der Waals surface area contributed by atoms with Crippen LogP contribution < -0.4 is 5.32 Å². The van der Waals surface area contributed by atoms with Crippen molar-refractivity contribution in [2.45, 2.75) is 32.1 Å². The number of likely N-dealkylation sites (N-methyl/N-ethyl adjacent to an activating group) is 1. The molecule has 1 aromatic carbocycles. The predicted octanol–water partition coefficient (Wildman–Crippen LogP) is 1.89. The molecule has 0 aromatic heterocycles. The van der Waals surface area contributed by atoms with Gasteiger partial charge in [-0.2, -0.15) is 0 Å². The molecule has 0 spiro atoms. The molecule has 1 N–H and O–H groups in total. The summed E-state index contributed by atoms with van der Waals surface area (Å²) in [5, 5.41) is 3.34. The van der Waals surface area contributed by atoms with E-state index in [4.69, 9.17) is 9.47 Å². The van der Waals surface area contributed by atoms with Crippen LogP contribution in [0.15, 0.2) is 24.3 Å². The molecule has 1 saturated heterocycles. The average molecular weight is 235 g/mol. The molecule has 1 aliphatic heterocycles. The first-order chi connectivity index (χ1) is 8.29. The van der Waals surface area contributed by atoms with Crippen LogP contribution in [0.25, 0.3) is 0 Å². The number of hydrogen-bond acceptors (Lipinski definition) is 3. The Morgan fingerprint density at radius 3 is 2.65 bits per heavy atom.